The van der Waals surface area contributed by atoms with Gasteiger partial charge in [-0.15, -0.1) is 0 Å². The number of ether oxygens (including phenoxy) is 1. The number of rotatable bonds is 6. The van der Waals surface area contributed by atoms with Gasteiger partial charge in [0.05, 0.1) is 13.7 Å². The molecular weight excluding hydrogens is 264 g/mol. The predicted molar refractivity (Wildman–Crippen MR) is 84.6 cm³/mol. The normalized spacial score (nSPS) is 16.3. The van der Waals surface area contributed by atoms with E-state index in [9.17, 15) is 4.79 Å². The Morgan fingerprint density at radius 1 is 1.33 bits per heavy atom. The molecule has 0 aromatic heterocycles. The van der Waals surface area contributed by atoms with Crippen molar-refractivity contribution in [3.63, 3.8) is 0 Å². The smallest absolute Gasteiger partial charge is 0.236 e. The SMILES string of the molecule is COc1ccccc1C[C@@H](C)N(C)CC(=O)N1CCCC1. The second-order valence-electron chi connectivity index (χ2n) is 5.87. The molecule has 1 saturated heterocycles. The average Bonchev–Trinajstić information content (AvgIpc) is 3.02. The van der Waals surface area contributed by atoms with Crippen molar-refractivity contribution in [1.29, 1.82) is 0 Å². The van der Waals surface area contributed by atoms with Crippen LogP contribution in [0.1, 0.15) is 25.3 Å². The first-order chi connectivity index (χ1) is 10.1. The third-order valence-electron chi connectivity index (χ3n) is 4.30. The molecule has 0 radical (unpaired) electrons. The second-order valence-corrected chi connectivity index (χ2v) is 5.87. The summed E-state index contributed by atoms with van der Waals surface area (Å²) >= 11 is 0. The molecule has 2 rings (SSSR count). The summed E-state index contributed by atoms with van der Waals surface area (Å²) in [5, 5.41) is 0. The highest BCUT2D eigenvalue weighted by Gasteiger charge is 2.21. The summed E-state index contributed by atoms with van der Waals surface area (Å²) in [4.78, 5) is 16.3. The number of benzene rings is 1. The van der Waals surface area contributed by atoms with E-state index < -0.39 is 0 Å². The number of carbonyl (C=O) groups is 1. The maximum atomic E-state index is 12.2. The molecule has 0 unspecified atom stereocenters. The number of carbonyl (C=O) groups excluding carboxylic acids is 1. The zero-order valence-electron chi connectivity index (χ0n) is 13.3. The van der Waals surface area contributed by atoms with Gasteiger partial charge in [-0.3, -0.25) is 9.69 Å². The molecule has 0 bridgehead atoms. The lowest BCUT2D eigenvalue weighted by atomic mass is 10.1. The Bertz CT molecular complexity index is 470. The average molecular weight is 290 g/mol. The van der Waals surface area contributed by atoms with E-state index in [0.717, 1.165) is 38.1 Å². The van der Waals surface area contributed by atoms with Gasteiger partial charge < -0.3 is 9.64 Å². The molecule has 1 aromatic carbocycles. The third kappa shape index (κ3) is 4.21. The van der Waals surface area contributed by atoms with Crippen LogP contribution in [0.3, 0.4) is 0 Å². The highest BCUT2D eigenvalue weighted by Crippen LogP contribution is 2.20. The van der Waals surface area contributed by atoms with E-state index in [-0.39, 0.29) is 5.91 Å². The van der Waals surface area contributed by atoms with Crippen LogP contribution in [0.25, 0.3) is 0 Å². The molecule has 0 N–H and O–H groups in total. The Balaban J connectivity index is 1.89. The molecule has 1 atom stereocenters. The molecule has 1 heterocycles. The molecule has 4 heteroatoms. The summed E-state index contributed by atoms with van der Waals surface area (Å²) in [5.41, 5.74) is 1.19. The fourth-order valence-corrected chi connectivity index (χ4v) is 2.78. The summed E-state index contributed by atoms with van der Waals surface area (Å²) in [6.45, 7) is 4.50. The van der Waals surface area contributed by atoms with Crippen LogP contribution in [0.2, 0.25) is 0 Å². The first-order valence-electron chi connectivity index (χ1n) is 7.71. The maximum Gasteiger partial charge on any atom is 0.236 e. The standard InChI is InChI=1S/C17H26N2O2/c1-14(12-15-8-4-5-9-16(15)21-3)18(2)13-17(20)19-10-6-7-11-19/h4-5,8-9,14H,6-7,10-13H2,1-3H3/t14-/m1/s1. The number of nitrogens with zero attached hydrogens (tertiary/aromatic N) is 2. The van der Waals surface area contributed by atoms with E-state index in [0.29, 0.717) is 12.6 Å². The number of hydrogen-bond donors (Lipinski definition) is 0. The lowest BCUT2D eigenvalue weighted by molar-refractivity contribution is -0.131. The van der Waals surface area contributed by atoms with Gasteiger partial charge in [0.15, 0.2) is 0 Å². The summed E-state index contributed by atoms with van der Waals surface area (Å²) in [5.74, 6) is 1.17. The highest BCUT2D eigenvalue weighted by molar-refractivity contribution is 5.78. The number of amides is 1. The van der Waals surface area contributed by atoms with Crippen molar-refractivity contribution in [3.8, 4) is 5.75 Å². The van der Waals surface area contributed by atoms with Gasteiger partial charge in [0, 0.05) is 19.1 Å². The number of para-hydroxylation sites is 1. The number of likely N-dealkylation sites (N-methyl/N-ethyl adjacent to an activating group) is 1. The van der Waals surface area contributed by atoms with E-state index in [4.69, 9.17) is 4.74 Å². The monoisotopic (exact) mass is 290 g/mol. The molecule has 21 heavy (non-hydrogen) atoms. The minimum Gasteiger partial charge on any atom is -0.496 e. The zero-order valence-corrected chi connectivity index (χ0v) is 13.3. The van der Waals surface area contributed by atoms with Crippen molar-refractivity contribution >= 4 is 5.91 Å². The molecule has 1 amide bonds. The number of methoxy groups -OCH3 is 1. The van der Waals surface area contributed by atoms with Gasteiger partial charge in [0.2, 0.25) is 5.91 Å². The fraction of sp³-hybridized carbons (Fsp3) is 0.588. The lowest BCUT2D eigenvalue weighted by Gasteiger charge is -2.27. The first-order valence-corrected chi connectivity index (χ1v) is 7.71. The Morgan fingerprint density at radius 3 is 2.67 bits per heavy atom. The van der Waals surface area contributed by atoms with Crippen molar-refractivity contribution in [1.82, 2.24) is 9.80 Å². The van der Waals surface area contributed by atoms with Crippen molar-refractivity contribution < 1.29 is 9.53 Å². The quantitative estimate of drug-likeness (QED) is 0.805. The minimum atomic E-state index is 0.252. The van der Waals surface area contributed by atoms with Gasteiger partial charge >= 0.3 is 0 Å². The van der Waals surface area contributed by atoms with Crippen LogP contribution in [0.15, 0.2) is 24.3 Å². The Morgan fingerprint density at radius 2 is 2.00 bits per heavy atom. The Kier molecular flexibility index (Phi) is 5.62. The number of hydrogen-bond acceptors (Lipinski definition) is 3. The molecule has 1 aromatic rings. The van der Waals surface area contributed by atoms with Crippen LogP contribution in [-0.2, 0) is 11.2 Å². The van der Waals surface area contributed by atoms with Crippen LogP contribution in [0, 0.1) is 0 Å². The van der Waals surface area contributed by atoms with Gasteiger partial charge in [-0.25, -0.2) is 0 Å². The molecular formula is C17H26N2O2. The van der Waals surface area contributed by atoms with Gasteiger partial charge in [0.1, 0.15) is 5.75 Å². The van der Waals surface area contributed by atoms with Crippen LogP contribution >= 0.6 is 0 Å². The van der Waals surface area contributed by atoms with Crippen LogP contribution in [0.4, 0.5) is 0 Å². The summed E-state index contributed by atoms with van der Waals surface area (Å²) in [6.07, 6.45) is 3.17. The van der Waals surface area contributed by atoms with Crippen molar-refractivity contribution in [2.45, 2.75) is 32.2 Å². The Labute approximate surface area is 127 Å². The largest absolute Gasteiger partial charge is 0.496 e. The topological polar surface area (TPSA) is 32.8 Å². The van der Waals surface area contributed by atoms with Crippen molar-refractivity contribution in [2.24, 2.45) is 0 Å². The summed E-state index contributed by atoms with van der Waals surface area (Å²) in [7, 11) is 3.72. The van der Waals surface area contributed by atoms with E-state index in [1.54, 1.807) is 7.11 Å². The lowest BCUT2D eigenvalue weighted by Crippen LogP contribution is -2.41. The van der Waals surface area contributed by atoms with Crippen molar-refractivity contribution in [3.05, 3.63) is 29.8 Å². The molecule has 1 aliphatic heterocycles. The Hall–Kier alpha value is -1.55. The number of likely N-dealkylation sites (tertiary alicyclic amines) is 1. The van der Waals surface area contributed by atoms with Gasteiger partial charge in [-0.05, 0) is 44.9 Å². The molecule has 0 spiro atoms. The maximum absolute atomic E-state index is 12.2. The molecule has 1 fully saturated rings. The fourth-order valence-electron chi connectivity index (χ4n) is 2.78. The van der Waals surface area contributed by atoms with E-state index in [2.05, 4.69) is 17.9 Å². The van der Waals surface area contributed by atoms with Crippen molar-refractivity contribution in [2.75, 3.05) is 33.8 Å². The van der Waals surface area contributed by atoms with Crippen LogP contribution < -0.4 is 4.74 Å². The summed E-state index contributed by atoms with van der Waals surface area (Å²) in [6, 6.07) is 8.38. The molecule has 4 nitrogen and oxygen atoms in total. The second kappa shape index (κ2) is 7.46. The van der Waals surface area contributed by atoms with Crippen LogP contribution in [0.5, 0.6) is 5.75 Å². The van der Waals surface area contributed by atoms with Crippen LogP contribution in [-0.4, -0.2) is 55.5 Å². The zero-order chi connectivity index (χ0) is 15.2. The predicted octanol–water partition coefficient (Wildman–Crippen LogP) is 2.18. The third-order valence-corrected chi connectivity index (χ3v) is 4.30. The molecule has 0 aliphatic carbocycles. The molecule has 1 aliphatic rings. The molecule has 0 saturated carbocycles. The van der Waals surface area contributed by atoms with Gasteiger partial charge in [-0.2, -0.15) is 0 Å². The molecule has 116 valence electrons. The van der Waals surface area contributed by atoms with E-state index in [1.165, 1.54) is 5.56 Å². The minimum absolute atomic E-state index is 0.252. The van der Waals surface area contributed by atoms with E-state index >= 15 is 0 Å². The van der Waals surface area contributed by atoms with E-state index in [1.807, 2.05) is 30.1 Å². The van der Waals surface area contributed by atoms with Gasteiger partial charge in [-0.1, -0.05) is 18.2 Å². The first kappa shape index (κ1) is 15.8. The summed E-state index contributed by atoms with van der Waals surface area (Å²) < 4.78 is 5.39. The highest BCUT2D eigenvalue weighted by atomic mass is 16.5. The van der Waals surface area contributed by atoms with Gasteiger partial charge in [0.25, 0.3) is 0 Å².